The molecule has 198 valence electrons. The van der Waals surface area contributed by atoms with Crippen LogP contribution in [0.4, 0.5) is 51.8 Å². The van der Waals surface area contributed by atoms with Gasteiger partial charge in [0.05, 0.1) is 0 Å². The monoisotopic (exact) mass is 598 g/mol. The summed E-state index contributed by atoms with van der Waals surface area (Å²) in [7, 11) is -18.0. The molecule has 2 aliphatic rings. The third-order valence-electron chi connectivity index (χ3n) is 2.67. The number of hydrogen-bond acceptors (Lipinski definition) is 0. The normalized spacial score (nSPS) is 19.0. The first-order valence-electron chi connectivity index (χ1n) is 9.22. The van der Waals surface area contributed by atoms with Crippen molar-refractivity contribution in [2.45, 2.75) is 51.4 Å². The molecular formula is C16H26B3F12ORh. The van der Waals surface area contributed by atoms with Gasteiger partial charge in [0.25, 0.3) is 0 Å². The quantitative estimate of drug-likeness (QED) is 0.153. The number of halogens is 12. The average Bonchev–Trinajstić information content (AvgIpc) is 2.40. The van der Waals surface area contributed by atoms with Crippen LogP contribution in [-0.2, 0) is 19.5 Å². The smallest absolute Gasteiger partial charge is 0.418 e. The van der Waals surface area contributed by atoms with Crippen molar-refractivity contribution in [1.29, 1.82) is 0 Å². The molecule has 2 rings (SSSR count). The van der Waals surface area contributed by atoms with Gasteiger partial charge in [-0.15, -0.1) is 0 Å². The van der Waals surface area contributed by atoms with E-state index in [1.54, 1.807) is 0 Å². The van der Waals surface area contributed by atoms with Gasteiger partial charge in [-0.2, -0.15) is 0 Å². The van der Waals surface area contributed by atoms with E-state index in [1.165, 1.54) is 51.4 Å². The van der Waals surface area contributed by atoms with E-state index in [-0.39, 0.29) is 25.0 Å². The van der Waals surface area contributed by atoms with Gasteiger partial charge in [0.1, 0.15) is 0 Å². The maximum absolute atomic E-state index is 9.75. The fourth-order valence-electron chi connectivity index (χ4n) is 1.71. The van der Waals surface area contributed by atoms with Gasteiger partial charge in [-0.1, -0.05) is 48.6 Å². The Bertz CT molecular complexity index is 392. The zero-order valence-electron chi connectivity index (χ0n) is 17.4. The first-order valence-corrected chi connectivity index (χ1v) is 9.22. The Kier molecular flexibility index (Phi) is 32.5. The van der Waals surface area contributed by atoms with Crippen LogP contribution < -0.4 is 0 Å². The molecule has 0 amide bonds. The van der Waals surface area contributed by atoms with Gasteiger partial charge >= 0.3 is 41.2 Å². The van der Waals surface area contributed by atoms with Gasteiger partial charge in [0.15, 0.2) is 0 Å². The summed E-state index contributed by atoms with van der Waals surface area (Å²) in [6, 6.07) is 0. The maximum atomic E-state index is 9.75. The largest absolute Gasteiger partial charge is 3.00 e. The molecule has 0 aromatic rings. The predicted octanol–water partition coefficient (Wildman–Crippen LogP) is 8.42. The first kappa shape index (κ1) is 42.1. The van der Waals surface area contributed by atoms with Crippen LogP contribution in [0.5, 0.6) is 0 Å². The molecule has 33 heavy (non-hydrogen) atoms. The van der Waals surface area contributed by atoms with Crippen LogP contribution in [0.25, 0.3) is 0 Å². The van der Waals surface area contributed by atoms with Gasteiger partial charge in [-0.25, -0.2) is 0 Å². The van der Waals surface area contributed by atoms with E-state index in [1.807, 2.05) is 0 Å². The van der Waals surface area contributed by atoms with E-state index in [0.29, 0.717) is 0 Å². The molecule has 0 spiro atoms. The molecular weight excluding hydrogens is 571 g/mol. The van der Waals surface area contributed by atoms with E-state index >= 15 is 0 Å². The van der Waals surface area contributed by atoms with E-state index in [2.05, 4.69) is 48.6 Å². The number of hydrogen-bond donors (Lipinski definition) is 0. The Balaban J connectivity index is -0.0000000997. The summed E-state index contributed by atoms with van der Waals surface area (Å²) in [4.78, 5) is 0. The van der Waals surface area contributed by atoms with Gasteiger partial charge < -0.3 is 57.3 Å². The second-order valence-corrected chi connectivity index (χ2v) is 5.68. The molecule has 2 N–H and O–H groups in total. The maximum Gasteiger partial charge on any atom is 3.00 e. The molecule has 2 aliphatic carbocycles. The third kappa shape index (κ3) is 116. The van der Waals surface area contributed by atoms with Crippen molar-refractivity contribution >= 4 is 21.8 Å². The van der Waals surface area contributed by atoms with Gasteiger partial charge in [-0.05, 0) is 51.4 Å². The van der Waals surface area contributed by atoms with Crippen LogP contribution in [-0.4, -0.2) is 27.2 Å². The van der Waals surface area contributed by atoms with E-state index in [4.69, 9.17) is 0 Å². The second-order valence-electron chi connectivity index (χ2n) is 5.68. The molecule has 0 saturated heterocycles. The van der Waals surface area contributed by atoms with Crippen LogP contribution in [0, 0.1) is 0 Å². The molecule has 0 fully saturated rings. The van der Waals surface area contributed by atoms with E-state index in [0.717, 1.165) is 0 Å². The SMILES string of the molecule is C1=C\CC/C=C\CC/1.C1=C\CC/C=C\CC/1.F[B-](F)(F)F.F[B-](F)(F)F.F[B-](F)(F)F.O.[Rh+3]. The van der Waals surface area contributed by atoms with Gasteiger partial charge in [0.2, 0.25) is 0 Å². The van der Waals surface area contributed by atoms with Gasteiger partial charge in [-0.3, -0.25) is 0 Å². The van der Waals surface area contributed by atoms with Crippen LogP contribution in [0.15, 0.2) is 48.6 Å². The summed E-state index contributed by atoms with van der Waals surface area (Å²) < 4.78 is 117. The second kappa shape index (κ2) is 25.5. The Labute approximate surface area is 198 Å². The van der Waals surface area contributed by atoms with Crippen molar-refractivity contribution in [2.75, 3.05) is 0 Å². The van der Waals surface area contributed by atoms with Crippen LogP contribution in [0.1, 0.15) is 51.4 Å². The summed E-state index contributed by atoms with van der Waals surface area (Å²) in [5.74, 6) is 0. The minimum absolute atomic E-state index is 0. The van der Waals surface area contributed by atoms with Crippen LogP contribution >= 0.6 is 0 Å². The summed E-state index contributed by atoms with van der Waals surface area (Å²) in [5, 5.41) is 0. The predicted molar refractivity (Wildman–Crippen MR) is 108 cm³/mol. The number of rotatable bonds is 0. The Morgan fingerprint density at radius 1 is 0.303 bits per heavy atom. The minimum atomic E-state index is -6.00. The fraction of sp³-hybridized carbons (Fsp3) is 0.500. The molecule has 0 aromatic heterocycles. The van der Waals surface area contributed by atoms with Crippen molar-refractivity contribution in [3.63, 3.8) is 0 Å². The van der Waals surface area contributed by atoms with Crippen LogP contribution in [0.3, 0.4) is 0 Å². The Morgan fingerprint density at radius 3 is 0.424 bits per heavy atom. The molecule has 0 heterocycles. The molecule has 0 aliphatic heterocycles. The molecule has 17 heteroatoms. The summed E-state index contributed by atoms with van der Waals surface area (Å²) in [5.41, 5.74) is 0. The van der Waals surface area contributed by atoms with Crippen molar-refractivity contribution in [2.24, 2.45) is 0 Å². The Morgan fingerprint density at radius 2 is 0.364 bits per heavy atom. The average molecular weight is 598 g/mol. The van der Waals surface area contributed by atoms with Crippen LogP contribution in [0.2, 0.25) is 0 Å². The van der Waals surface area contributed by atoms with Crippen molar-refractivity contribution < 1.29 is 76.7 Å². The minimum Gasteiger partial charge on any atom is -0.418 e. The molecule has 0 radical (unpaired) electrons. The first-order chi connectivity index (χ1) is 14.0. The summed E-state index contributed by atoms with van der Waals surface area (Å²) in [6.07, 6.45) is 28.0. The van der Waals surface area contributed by atoms with E-state index in [9.17, 15) is 51.8 Å². The summed E-state index contributed by atoms with van der Waals surface area (Å²) >= 11 is 0. The fourth-order valence-corrected chi connectivity index (χ4v) is 1.71. The topological polar surface area (TPSA) is 31.5 Å². The van der Waals surface area contributed by atoms with Gasteiger partial charge in [0, 0.05) is 0 Å². The van der Waals surface area contributed by atoms with Crippen molar-refractivity contribution in [3.8, 4) is 0 Å². The van der Waals surface area contributed by atoms with E-state index < -0.39 is 21.8 Å². The standard InChI is InChI=1S/2C8H12.3BF4.H2O.Rh/c2*1-2-4-6-8-7-5-3-1;3*2-1(3,4)5;;/h2*1-2,7-8H,3-6H2;;;;1H2;/q;;3*-1;;+3/b2*2-1-,8-7-;;;;;. The number of allylic oxidation sites excluding steroid dienone is 8. The molecule has 0 atom stereocenters. The Hall–Kier alpha value is -1.10. The molecule has 0 saturated carbocycles. The molecule has 0 aromatic carbocycles. The molecule has 0 unspecified atom stereocenters. The zero-order valence-corrected chi connectivity index (χ0v) is 19.0. The zero-order chi connectivity index (χ0) is 24.8. The molecule has 0 bridgehead atoms. The summed E-state index contributed by atoms with van der Waals surface area (Å²) in [6.45, 7) is 0. The third-order valence-corrected chi connectivity index (χ3v) is 2.67. The van der Waals surface area contributed by atoms with Crippen molar-refractivity contribution in [3.05, 3.63) is 48.6 Å². The van der Waals surface area contributed by atoms with Crippen molar-refractivity contribution in [1.82, 2.24) is 0 Å². The molecule has 1 nitrogen and oxygen atoms in total.